The summed E-state index contributed by atoms with van der Waals surface area (Å²) in [6.45, 7) is 13.3. The first-order chi connectivity index (χ1) is 23.7. The highest BCUT2D eigenvalue weighted by molar-refractivity contribution is 5.93. The number of esters is 1. The lowest BCUT2D eigenvalue weighted by atomic mass is 9.59. The first kappa shape index (κ1) is 45.1. The second kappa shape index (κ2) is 26.8. The van der Waals surface area contributed by atoms with Gasteiger partial charge in [0.2, 0.25) is 5.75 Å². The van der Waals surface area contributed by atoms with Crippen LogP contribution in [-0.2, 0) is 11.2 Å². The molecule has 0 aliphatic carbocycles. The Morgan fingerprint density at radius 1 is 0.510 bits per heavy atom. The van der Waals surface area contributed by atoms with Crippen molar-refractivity contribution in [2.24, 2.45) is 5.41 Å². The van der Waals surface area contributed by atoms with Crippen molar-refractivity contribution >= 4 is 5.97 Å². The number of carbonyl (C=O) groups is 1. The topological polar surface area (TPSA) is 87.0 Å². The molecular weight excluding hydrogens is 608 g/mol. The molecule has 3 N–H and O–H groups in total. The Hall–Kier alpha value is -1.91. The standard InChI is InChI=1S/C44H80O5/c1-7-13-18-23-24-27-33-43(31-25-19-14-8-2,32-26-20-15-9-3)44(34-28-21-16-10-4,35-29-22-17-11-5)49-42(48)38-36-39(45)41(47)40(46)37(38)30-12-6/h36,45-47H,7-35H2,1-6H3. The van der Waals surface area contributed by atoms with Crippen molar-refractivity contribution < 1.29 is 24.9 Å². The van der Waals surface area contributed by atoms with Crippen LogP contribution >= 0.6 is 0 Å². The van der Waals surface area contributed by atoms with Gasteiger partial charge in [-0.15, -0.1) is 0 Å². The number of ether oxygens (including phenoxy) is 1. The third kappa shape index (κ3) is 15.5. The molecule has 0 unspecified atom stereocenters. The number of hydrogen-bond acceptors (Lipinski definition) is 5. The van der Waals surface area contributed by atoms with Crippen LogP contribution in [0.1, 0.15) is 237 Å². The molecule has 0 radical (unpaired) electrons. The lowest BCUT2D eigenvalue weighted by molar-refractivity contribution is -0.127. The number of benzene rings is 1. The van der Waals surface area contributed by atoms with Crippen LogP contribution < -0.4 is 0 Å². The molecule has 49 heavy (non-hydrogen) atoms. The van der Waals surface area contributed by atoms with Crippen molar-refractivity contribution in [2.75, 3.05) is 0 Å². The van der Waals surface area contributed by atoms with E-state index in [1.807, 2.05) is 6.92 Å². The number of phenols is 3. The Morgan fingerprint density at radius 2 is 0.878 bits per heavy atom. The van der Waals surface area contributed by atoms with E-state index in [0.717, 1.165) is 89.9 Å². The zero-order valence-corrected chi connectivity index (χ0v) is 33.2. The molecule has 0 saturated carbocycles. The third-order valence-corrected chi connectivity index (χ3v) is 11.2. The summed E-state index contributed by atoms with van der Waals surface area (Å²) in [7, 11) is 0. The van der Waals surface area contributed by atoms with E-state index in [2.05, 4.69) is 34.6 Å². The quantitative estimate of drug-likeness (QED) is 0.0398. The summed E-state index contributed by atoms with van der Waals surface area (Å²) in [5.41, 5.74) is -0.174. The molecule has 0 atom stereocenters. The van der Waals surface area contributed by atoms with Gasteiger partial charge in [0.1, 0.15) is 5.60 Å². The monoisotopic (exact) mass is 689 g/mol. The zero-order valence-electron chi connectivity index (χ0n) is 33.2. The van der Waals surface area contributed by atoms with E-state index in [0.29, 0.717) is 18.4 Å². The van der Waals surface area contributed by atoms with Gasteiger partial charge >= 0.3 is 5.97 Å². The van der Waals surface area contributed by atoms with Crippen molar-refractivity contribution in [3.05, 3.63) is 17.2 Å². The molecule has 0 saturated heterocycles. The van der Waals surface area contributed by atoms with Crippen molar-refractivity contribution in [1.82, 2.24) is 0 Å². The maximum Gasteiger partial charge on any atom is 0.339 e. The predicted molar refractivity (Wildman–Crippen MR) is 209 cm³/mol. The van der Waals surface area contributed by atoms with E-state index in [1.54, 1.807) is 0 Å². The predicted octanol–water partition coefficient (Wildman–Crippen LogP) is 14.3. The van der Waals surface area contributed by atoms with Crippen LogP contribution in [0.15, 0.2) is 6.07 Å². The highest BCUT2D eigenvalue weighted by Gasteiger charge is 2.52. The van der Waals surface area contributed by atoms with E-state index >= 15 is 0 Å². The molecule has 0 aliphatic rings. The molecule has 0 amide bonds. The van der Waals surface area contributed by atoms with Crippen LogP contribution in [0.4, 0.5) is 0 Å². The van der Waals surface area contributed by atoms with Gasteiger partial charge < -0.3 is 20.1 Å². The van der Waals surface area contributed by atoms with E-state index in [9.17, 15) is 20.1 Å². The Labute approximate surface area is 303 Å². The van der Waals surface area contributed by atoms with Crippen LogP contribution in [0.2, 0.25) is 0 Å². The number of phenolic OH excluding ortho intramolecular Hbond substituents is 3. The molecule has 0 aromatic heterocycles. The number of rotatable bonds is 32. The van der Waals surface area contributed by atoms with Crippen LogP contribution in [0.25, 0.3) is 0 Å². The SMILES string of the molecule is CCCCCCCCC(CCCCCC)(CCCCCC)C(CCCCCC)(CCCCCC)OC(=O)c1cc(O)c(O)c(O)c1CCC. The van der Waals surface area contributed by atoms with E-state index in [4.69, 9.17) is 4.74 Å². The van der Waals surface area contributed by atoms with Crippen molar-refractivity contribution in [3.8, 4) is 17.2 Å². The highest BCUT2D eigenvalue weighted by Crippen LogP contribution is 2.54. The van der Waals surface area contributed by atoms with Gasteiger partial charge in [-0.3, -0.25) is 0 Å². The minimum absolute atomic E-state index is 0.126. The largest absolute Gasteiger partial charge is 0.504 e. The summed E-state index contributed by atoms with van der Waals surface area (Å²) in [6, 6.07) is 1.33. The number of aromatic hydroxyl groups is 3. The number of carbonyl (C=O) groups excluding carboxylic acids is 1. The number of unbranched alkanes of at least 4 members (excludes halogenated alkanes) is 17. The Morgan fingerprint density at radius 3 is 1.29 bits per heavy atom. The number of hydrogen-bond donors (Lipinski definition) is 3. The fourth-order valence-corrected chi connectivity index (χ4v) is 8.22. The van der Waals surface area contributed by atoms with Crippen LogP contribution in [-0.4, -0.2) is 26.9 Å². The van der Waals surface area contributed by atoms with Gasteiger partial charge in [0.15, 0.2) is 11.5 Å². The highest BCUT2D eigenvalue weighted by atomic mass is 16.6. The molecule has 1 aromatic carbocycles. The van der Waals surface area contributed by atoms with E-state index in [1.165, 1.54) is 89.5 Å². The van der Waals surface area contributed by atoms with Gasteiger partial charge in [-0.2, -0.15) is 0 Å². The van der Waals surface area contributed by atoms with Crippen molar-refractivity contribution in [1.29, 1.82) is 0 Å². The Kier molecular flexibility index (Phi) is 24.7. The normalized spacial score (nSPS) is 12.1. The summed E-state index contributed by atoms with van der Waals surface area (Å²) in [4.78, 5) is 14.7. The van der Waals surface area contributed by atoms with Crippen molar-refractivity contribution in [2.45, 2.75) is 233 Å². The fourth-order valence-electron chi connectivity index (χ4n) is 8.22. The smallest absolute Gasteiger partial charge is 0.339 e. The van der Waals surface area contributed by atoms with Gasteiger partial charge in [-0.05, 0) is 57.4 Å². The summed E-state index contributed by atoms with van der Waals surface area (Å²) in [5.74, 6) is -1.88. The average Bonchev–Trinajstić information content (AvgIpc) is 3.09. The summed E-state index contributed by atoms with van der Waals surface area (Å²) < 4.78 is 7.15. The van der Waals surface area contributed by atoms with E-state index in [-0.39, 0.29) is 11.0 Å². The Balaban J connectivity index is 3.91. The van der Waals surface area contributed by atoms with Gasteiger partial charge in [0.25, 0.3) is 0 Å². The van der Waals surface area contributed by atoms with Gasteiger partial charge in [-0.25, -0.2) is 4.79 Å². The molecule has 0 heterocycles. The zero-order chi connectivity index (χ0) is 36.4. The lowest BCUT2D eigenvalue weighted by Crippen LogP contribution is -2.52. The minimum Gasteiger partial charge on any atom is -0.504 e. The summed E-state index contributed by atoms with van der Waals surface area (Å²) in [5, 5.41) is 31.9. The maximum atomic E-state index is 14.7. The molecule has 5 nitrogen and oxygen atoms in total. The van der Waals surface area contributed by atoms with Crippen LogP contribution in [0, 0.1) is 5.41 Å². The molecule has 1 aromatic rings. The molecule has 0 fully saturated rings. The average molecular weight is 689 g/mol. The minimum atomic E-state index is -0.625. The lowest BCUT2D eigenvalue weighted by Gasteiger charge is -2.52. The molecule has 0 bridgehead atoms. The van der Waals surface area contributed by atoms with E-state index < -0.39 is 28.8 Å². The summed E-state index contributed by atoms with van der Waals surface area (Å²) >= 11 is 0. The molecule has 1 rings (SSSR count). The third-order valence-electron chi connectivity index (χ3n) is 11.2. The first-order valence-electron chi connectivity index (χ1n) is 21.2. The second-order valence-electron chi connectivity index (χ2n) is 15.3. The molecule has 5 heteroatoms. The van der Waals surface area contributed by atoms with Gasteiger partial charge in [-0.1, -0.05) is 176 Å². The summed E-state index contributed by atoms with van der Waals surface area (Å²) in [6.07, 6.45) is 32.1. The molecule has 0 spiro atoms. The second-order valence-corrected chi connectivity index (χ2v) is 15.3. The molecule has 286 valence electrons. The van der Waals surface area contributed by atoms with Gasteiger partial charge in [0.05, 0.1) is 5.56 Å². The van der Waals surface area contributed by atoms with Crippen molar-refractivity contribution in [3.63, 3.8) is 0 Å². The first-order valence-corrected chi connectivity index (χ1v) is 21.2. The fraction of sp³-hybridized carbons (Fsp3) is 0.841. The molecular formula is C44H80O5. The van der Waals surface area contributed by atoms with Crippen LogP contribution in [0.5, 0.6) is 17.2 Å². The molecule has 0 aliphatic heterocycles. The van der Waals surface area contributed by atoms with Gasteiger partial charge in [0, 0.05) is 11.0 Å². The maximum absolute atomic E-state index is 14.7. The van der Waals surface area contributed by atoms with Crippen LogP contribution in [0.3, 0.4) is 0 Å². The Bertz CT molecular complexity index is 962.